The van der Waals surface area contributed by atoms with Crippen LogP contribution in [0.1, 0.15) is 19.3 Å². The van der Waals surface area contributed by atoms with E-state index in [9.17, 15) is 9.59 Å². The number of thioether (sulfide) groups is 1. The maximum atomic E-state index is 12.2. The molecule has 0 unspecified atom stereocenters. The van der Waals surface area contributed by atoms with Gasteiger partial charge in [0, 0.05) is 30.2 Å². The molecule has 0 saturated carbocycles. The Kier molecular flexibility index (Phi) is 6.11. The lowest BCUT2D eigenvalue weighted by molar-refractivity contribution is -0.148. The summed E-state index contributed by atoms with van der Waals surface area (Å²) in [6, 6.07) is 10.1. The lowest BCUT2D eigenvalue weighted by atomic mass is 9.98. The van der Waals surface area contributed by atoms with Crippen LogP contribution in [0.5, 0.6) is 0 Å². The van der Waals surface area contributed by atoms with Crippen molar-refractivity contribution >= 4 is 23.6 Å². The van der Waals surface area contributed by atoms with Gasteiger partial charge in [-0.05, 0) is 25.0 Å². The maximum Gasteiger partial charge on any atom is 0.310 e. The summed E-state index contributed by atoms with van der Waals surface area (Å²) < 4.78 is 4.78. The molecule has 4 nitrogen and oxygen atoms in total. The predicted octanol–water partition coefficient (Wildman–Crippen LogP) is 2.58. The third-order valence-electron chi connectivity index (χ3n) is 3.64. The highest BCUT2D eigenvalue weighted by atomic mass is 32.2. The normalized spacial score (nSPS) is 18.3. The number of hydrogen-bond donors (Lipinski definition) is 0. The predicted molar refractivity (Wildman–Crippen MR) is 83.1 cm³/mol. The Balaban J connectivity index is 1.76. The van der Waals surface area contributed by atoms with Crippen molar-refractivity contribution in [1.29, 1.82) is 0 Å². The van der Waals surface area contributed by atoms with Crippen molar-refractivity contribution in [3.8, 4) is 0 Å². The molecular weight excluding hydrogens is 286 g/mol. The van der Waals surface area contributed by atoms with Crippen LogP contribution in [0.2, 0.25) is 0 Å². The number of nitrogens with zero attached hydrogens (tertiary/aromatic N) is 1. The second kappa shape index (κ2) is 8.08. The molecule has 5 heteroatoms. The van der Waals surface area contributed by atoms with Crippen LogP contribution in [-0.2, 0) is 14.3 Å². The fourth-order valence-electron chi connectivity index (χ4n) is 2.49. The number of methoxy groups -OCH3 is 1. The molecule has 0 N–H and O–H groups in total. The average molecular weight is 307 g/mol. The zero-order valence-electron chi connectivity index (χ0n) is 12.3. The van der Waals surface area contributed by atoms with Gasteiger partial charge in [-0.1, -0.05) is 18.2 Å². The van der Waals surface area contributed by atoms with Gasteiger partial charge in [0.25, 0.3) is 0 Å². The Morgan fingerprint density at radius 1 is 1.33 bits per heavy atom. The van der Waals surface area contributed by atoms with E-state index in [0.717, 1.165) is 25.1 Å². The Bertz CT molecular complexity index is 478. The van der Waals surface area contributed by atoms with Crippen molar-refractivity contribution in [2.45, 2.75) is 24.2 Å². The van der Waals surface area contributed by atoms with E-state index in [4.69, 9.17) is 4.74 Å². The highest BCUT2D eigenvalue weighted by Crippen LogP contribution is 2.21. The lowest BCUT2D eigenvalue weighted by Gasteiger charge is -2.31. The number of benzene rings is 1. The first kappa shape index (κ1) is 15.9. The summed E-state index contributed by atoms with van der Waals surface area (Å²) in [4.78, 5) is 26.8. The number of carbonyl (C=O) groups excluding carboxylic acids is 2. The van der Waals surface area contributed by atoms with E-state index in [0.29, 0.717) is 13.0 Å². The number of hydrogen-bond acceptors (Lipinski definition) is 4. The second-order valence-corrected chi connectivity index (χ2v) is 6.28. The van der Waals surface area contributed by atoms with Gasteiger partial charge in [0.05, 0.1) is 13.0 Å². The number of rotatable bonds is 5. The molecule has 114 valence electrons. The van der Waals surface area contributed by atoms with E-state index in [2.05, 4.69) is 0 Å². The van der Waals surface area contributed by atoms with Crippen LogP contribution >= 0.6 is 11.8 Å². The van der Waals surface area contributed by atoms with Gasteiger partial charge in [-0.15, -0.1) is 11.8 Å². The summed E-state index contributed by atoms with van der Waals surface area (Å²) in [6.45, 7) is 1.25. The molecule has 2 rings (SSSR count). The van der Waals surface area contributed by atoms with Gasteiger partial charge >= 0.3 is 5.97 Å². The summed E-state index contributed by atoms with van der Waals surface area (Å²) in [6.07, 6.45) is 2.19. The molecule has 1 aliphatic heterocycles. The van der Waals surface area contributed by atoms with Crippen LogP contribution in [0, 0.1) is 5.92 Å². The van der Waals surface area contributed by atoms with E-state index >= 15 is 0 Å². The third-order valence-corrected chi connectivity index (χ3v) is 4.65. The molecule has 1 aromatic carbocycles. The number of likely N-dealkylation sites (tertiary alicyclic amines) is 1. The van der Waals surface area contributed by atoms with Crippen LogP contribution in [0.25, 0.3) is 0 Å². The topological polar surface area (TPSA) is 46.6 Å². The van der Waals surface area contributed by atoms with Gasteiger partial charge < -0.3 is 9.64 Å². The summed E-state index contributed by atoms with van der Waals surface area (Å²) in [5, 5.41) is 0. The lowest BCUT2D eigenvalue weighted by Crippen LogP contribution is -2.42. The Labute approximate surface area is 129 Å². The third kappa shape index (κ3) is 4.77. The Hall–Kier alpha value is -1.49. The minimum absolute atomic E-state index is 0.132. The van der Waals surface area contributed by atoms with Crippen molar-refractivity contribution in [3.05, 3.63) is 30.3 Å². The van der Waals surface area contributed by atoms with Crippen molar-refractivity contribution in [2.24, 2.45) is 5.92 Å². The number of ether oxygens (including phenoxy) is 1. The summed E-state index contributed by atoms with van der Waals surface area (Å²) in [7, 11) is 1.40. The zero-order chi connectivity index (χ0) is 15.1. The van der Waals surface area contributed by atoms with Crippen LogP contribution < -0.4 is 0 Å². The Morgan fingerprint density at radius 3 is 2.81 bits per heavy atom. The van der Waals surface area contributed by atoms with E-state index in [-0.39, 0.29) is 17.8 Å². The molecular formula is C16H21NO3S. The second-order valence-electron chi connectivity index (χ2n) is 5.11. The fourth-order valence-corrected chi connectivity index (χ4v) is 3.36. The van der Waals surface area contributed by atoms with Gasteiger partial charge in [0.1, 0.15) is 0 Å². The molecule has 1 atom stereocenters. The number of esters is 1. The van der Waals surface area contributed by atoms with Gasteiger partial charge in [-0.2, -0.15) is 0 Å². The van der Waals surface area contributed by atoms with E-state index in [1.165, 1.54) is 12.0 Å². The van der Waals surface area contributed by atoms with Gasteiger partial charge in [0.15, 0.2) is 0 Å². The fraction of sp³-hybridized carbons (Fsp3) is 0.500. The standard InChI is InChI=1S/C16H21NO3S/c1-20-16(19)13-6-5-10-17(12-13)15(18)9-11-21-14-7-3-2-4-8-14/h2-4,7-8,13H,5-6,9-12H2,1H3/t13-/m0/s1. The molecule has 1 fully saturated rings. The van der Waals surface area contributed by atoms with Crippen LogP contribution in [0.4, 0.5) is 0 Å². The minimum Gasteiger partial charge on any atom is -0.469 e. The van der Waals surface area contributed by atoms with Gasteiger partial charge in [0.2, 0.25) is 5.91 Å². The minimum atomic E-state index is -0.203. The van der Waals surface area contributed by atoms with Crippen LogP contribution in [0.3, 0.4) is 0 Å². The molecule has 0 aliphatic carbocycles. The quantitative estimate of drug-likeness (QED) is 0.619. The van der Waals surface area contributed by atoms with E-state index in [1.807, 2.05) is 30.3 Å². The molecule has 0 radical (unpaired) electrons. The first-order chi connectivity index (χ1) is 10.2. The first-order valence-electron chi connectivity index (χ1n) is 7.24. The summed E-state index contributed by atoms with van der Waals surface area (Å²) in [5.41, 5.74) is 0. The number of carbonyl (C=O) groups is 2. The smallest absolute Gasteiger partial charge is 0.310 e. The average Bonchev–Trinajstić information content (AvgIpc) is 2.55. The van der Waals surface area contributed by atoms with Crippen molar-refractivity contribution in [2.75, 3.05) is 26.0 Å². The molecule has 0 bridgehead atoms. The highest BCUT2D eigenvalue weighted by molar-refractivity contribution is 7.99. The molecule has 1 amide bonds. The van der Waals surface area contributed by atoms with Crippen molar-refractivity contribution < 1.29 is 14.3 Å². The van der Waals surface area contributed by atoms with Gasteiger partial charge in [-0.25, -0.2) is 0 Å². The molecule has 21 heavy (non-hydrogen) atoms. The molecule has 1 heterocycles. The monoisotopic (exact) mass is 307 g/mol. The molecule has 1 aliphatic rings. The van der Waals surface area contributed by atoms with Crippen molar-refractivity contribution in [1.82, 2.24) is 4.90 Å². The zero-order valence-corrected chi connectivity index (χ0v) is 13.1. The molecule has 1 aromatic rings. The van der Waals surface area contributed by atoms with Crippen LogP contribution in [0.15, 0.2) is 35.2 Å². The Morgan fingerprint density at radius 2 is 2.10 bits per heavy atom. The van der Waals surface area contributed by atoms with Crippen molar-refractivity contribution in [3.63, 3.8) is 0 Å². The van der Waals surface area contributed by atoms with Gasteiger partial charge in [-0.3, -0.25) is 9.59 Å². The number of amides is 1. The SMILES string of the molecule is COC(=O)[C@H]1CCCN(C(=O)CCSc2ccccc2)C1. The van der Waals surface area contributed by atoms with Crippen LogP contribution in [-0.4, -0.2) is 42.7 Å². The number of piperidine rings is 1. The largest absolute Gasteiger partial charge is 0.469 e. The summed E-state index contributed by atoms with van der Waals surface area (Å²) in [5.74, 6) is 0.537. The molecule has 1 saturated heterocycles. The highest BCUT2D eigenvalue weighted by Gasteiger charge is 2.28. The molecule has 0 spiro atoms. The van der Waals surface area contributed by atoms with E-state index < -0.39 is 0 Å². The summed E-state index contributed by atoms with van der Waals surface area (Å²) >= 11 is 1.69. The maximum absolute atomic E-state index is 12.2. The first-order valence-corrected chi connectivity index (χ1v) is 8.22. The molecule has 0 aromatic heterocycles. The van der Waals surface area contributed by atoms with E-state index in [1.54, 1.807) is 16.7 Å².